The standard InChI is InChI=1S/C12H13NO3/c1-15-11-4-3-8-9(12(11)16-2)5-6-13-10(8)7-14/h3-7,10,13H,1-2H3. The molecule has 1 aliphatic heterocycles. The number of hydrogen-bond donors (Lipinski definition) is 1. The average molecular weight is 219 g/mol. The summed E-state index contributed by atoms with van der Waals surface area (Å²) >= 11 is 0. The number of ether oxygens (including phenoxy) is 2. The highest BCUT2D eigenvalue weighted by Crippen LogP contribution is 2.37. The Morgan fingerprint density at radius 2 is 2.12 bits per heavy atom. The van der Waals surface area contributed by atoms with E-state index in [1.165, 1.54) is 0 Å². The first-order valence-electron chi connectivity index (χ1n) is 4.94. The fourth-order valence-electron chi connectivity index (χ4n) is 1.85. The predicted molar refractivity (Wildman–Crippen MR) is 60.5 cm³/mol. The third kappa shape index (κ3) is 1.52. The van der Waals surface area contributed by atoms with E-state index in [0.29, 0.717) is 11.5 Å². The highest BCUT2D eigenvalue weighted by molar-refractivity contribution is 5.74. The van der Waals surface area contributed by atoms with Gasteiger partial charge < -0.3 is 19.6 Å². The van der Waals surface area contributed by atoms with Crippen LogP contribution in [-0.4, -0.2) is 20.5 Å². The molecule has 0 saturated heterocycles. The normalized spacial score (nSPS) is 17.2. The van der Waals surface area contributed by atoms with Gasteiger partial charge in [0.15, 0.2) is 11.5 Å². The molecular formula is C12H13NO3. The lowest BCUT2D eigenvalue weighted by atomic mass is 9.97. The van der Waals surface area contributed by atoms with E-state index in [1.54, 1.807) is 26.5 Å². The zero-order chi connectivity index (χ0) is 11.5. The Morgan fingerprint density at radius 3 is 2.75 bits per heavy atom. The largest absolute Gasteiger partial charge is 0.493 e. The molecule has 1 aliphatic rings. The van der Waals surface area contributed by atoms with E-state index in [2.05, 4.69) is 5.32 Å². The molecule has 0 fully saturated rings. The number of carbonyl (C=O) groups excluding carboxylic acids is 1. The molecule has 16 heavy (non-hydrogen) atoms. The molecule has 0 saturated carbocycles. The topological polar surface area (TPSA) is 47.6 Å². The van der Waals surface area contributed by atoms with Crippen molar-refractivity contribution in [2.75, 3.05) is 14.2 Å². The van der Waals surface area contributed by atoms with Crippen LogP contribution in [0.4, 0.5) is 0 Å². The lowest BCUT2D eigenvalue weighted by molar-refractivity contribution is -0.109. The van der Waals surface area contributed by atoms with Crippen molar-refractivity contribution in [3.63, 3.8) is 0 Å². The quantitative estimate of drug-likeness (QED) is 0.783. The fraction of sp³-hybridized carbons (Fsp3) is 0.250. The van der Waals surface area contributed by atoms with Crippen molar-refractivity contribution in [1.29, 1.82) is 0 Å². The van der Waals surface area contributed by atoms with Crippen molar-refractivity contribution < 1.29 is 14.3 Å². The Bertz CT molecular complexity index is 440. The maximum Gasteiger partial charge on any atom is 0.168 e. The summed E-state index contributed by atoms with van der Waals surface area (Å²) in [6, 6.07) is 3.35. The summed E-state index contributed by atoms with van der Waals surface area (Å²) in [6.07, 6.45) is 4.48. The Labute approximate surface area is 93.9 Å². The number of methoxy groups -OCH3 is 2. The maximum atomic E-state index is 10.9. The van der Waals surface area contributed by atoms with E-state index in [1.807, 2.05) is 12.1 Å². The number of nitrogens with one attached hydrogen (secondary N) is 1. The summed E-state index contributed by atoms with van der Waals surface area (Å²) in [5, 5.41) is 2.97. The molecule has 1 N–H and O–H groups in total. The average Bonchev–Trinajstić information content (AvgIpc) is 2.36. The number of hydrogen-bond acceptors (Lipinski definition) is 4. The molecule has 0 aromatic heterocycles. The van der Waals surface area contributed by atoms with Gasteiger partial charge in [-0.2, -0.15) is 0 Å². The first kappa shape index (κ1) is 10.5. The number of aldehydes is 1. The second-order valence-electron chi connectivity index (χ2n) is 3.42. The zero-order valence-electron chi connectivity index (χ0n) is 9.19. The molecule has 0 aliphatic carbocycles. The lowest BCUT2D eigenvalue weighted by Crippen LogP contribution is -2.21. The van der Waals surface area contributed by atoms with Crippen LogP contribution in [0.3, 0.4) is 0 Å². The van der Waals surface area contributed by atoms with Gasteiger partial charge in [0.05, 0.1) is 14.2 Å². The molecular weight excluding hydrogens is 206 g/mol. The zero-order valence-corrected chi connectivity index (χ0v) is 9.19. The van der Waals surface area contributed by atoms with Crippen LogP contribution in [0.15, 0.2) is 18.3 Å². The van der Waals surface area contributed by atoms with E-state index < -0.39 is 0 Å². The molecule has 1 aromatic rings. The molecule has 4 nitrogen and oxygen atoms in total. The third-order valence-electron chi connectivity index (χ3n) is 2.61. The van der Waals surface area contributed by atoms with Crippen molar-refractivity contribution >= 4 is 12.4 Å². The van der Waals surface area contributed by atoms with Gasteiger partial charge in [0.1, 0.15) is 12.3 Å². The van der Waals surface area contributed by atoms with E-state index in [4.69, 9.17) is 9.47 Å². The van der Waals surface area contributed by atoms with Gasteiger partial charge in [0.2, 0.25) is 0 Å². The number of rotatable bonds is 3. The fourth-order valence-corrected chi connectivity index (χ4v) is 1.85. The van der Waals surface area contributed by atoms with Crippen LogP contribution < -0.4 is 14.8 Å². The Balaban J connectivity index is 2.60. The van der Waals surface area contributed by atoms with Crippen LogP contribution in [0, 0.1) is 0 Å². The Hall–Kier alpha value is -1.97. The van der Waals surface area contributed by atoms with E-state index >= 15 is 0 Å². The highest BCUT2D eigenvalue weighted by Gasteiger charge is 2.21. The van der Waals surface area contributed by atoms with Crippen LogP contribution in [-0.2, 0) is 4.79 Å². The van der Waals surface area contributed by atoms with Crippen LogP contribution >= 0.6 is 0 Å². The van der Waals surface area contributed by atoms with Crippen LogP contribution in [0.25, 0.3) is 6.08 Å². The van der Waals surface area contributed by atoms with Gasteiger partial charge in [0, 0.05) is 5.56 Å². The SMILES string of the molecule is COc1ccc2c(c1OC)C=CNC2C=O. The molecule has 0 radical (unpaired) electrons. The van der Waals surface area contributed by atoms with Gasteiger partial charge in [-0.15, -0.1) is 0 Å². The van der Waals surface area contributed by atoms with Gasteiger partial charge in [-0.3, -0.25) is 0 Å². The summed E-state index contributed by atoms with van der Waals surface area (Å²) in [5.74, 6) is 1.32. The molecule has 4 heteroatoms. The van der Waals surface area contributed by atoms with Crippen LogP contribution in [0.5, 0.6) is 11.5 Å². The second kappa shape index (κ2) is 4.26. The molecule has 1 atom stereocenters. The van der Waals surface area contributed by atoms with Crippen molar-refractivity contribution in [3.05, 3.63) is 29.5 Å². The Morgan fingerprint density at radius 1 is 1.31 bits per heavy atom. The number of fused-ring (bicyclic) bond motifs is 1. The predicted octanol–water partition coefficient (Wildman–Crippen LogP) is 1.52. The lowest BCUT2D eigenvalue weighted by Gasteiger charge is -2.21. The molecule has 0 spiro atoms. The smallest absolute Gasteiger partial charge is 0.168 e. The third-order valence-corrected chi connectivity index (χ3v) is 2.61. The van der Waals surface area contributed by atoms with Crippen LogP contribution in [0.2, 0.25) is 0 Å². The molecule has 0 amide bonds. The number of benzene rings is 1. The molecule has 1 heterocycles. The molecule has 84 valence electrons. The minimum Gasteiger partial charge on any atom is -0.493 e. The van der Waals surface area contributed by atoms with Crippen molar-refractivity contribution in [2.24, 2.45) is 0 Å². The minimum absolute atomic E-state index is 0.320. The summed E-state index contributed by atoms with van der Waals surface area (Å²) < 4.78 is 10.5. The van der Waals surface area contributed by atoms with E-state index in [0.717, 1.165) is 17.4 Å². The second-order valence-corrected chi connectivity index (χ2v) is 3.42. The van der Waals surface area contributed by atoms with Crippen molar-refractivity contribution in [3.8, 4) is 11.5 Å². The monoisotopic (exact) mass is 219 g/mol. The first-order valence-corrected chi connectivity index (χ1v) is 4.94. The van der Waals surface area contributed by atoms with E-state index in [-0.39, 0.29) is 6.04 Å². The summed E-state index contributed by atoms with van der Waals surface area (Å²) in [7, 11) is 3.18. The Kier molecular flexibility index (Phi) is 2.81. The van der Waals surface area contributed by atoms with Crippen LogP contribution in [0.1, 0.15) is 17.2 Å². The minimum atomic E-state index is -0.320. The van der Waals surface area contributed by atoms with Gasteiger partial charge in [-0.1, -0.05) is 6.07 Å². The molecule has 1 aromatic carbocycles. The molecule has 2 rings (SSSR count). The summed E-state index contributed by atoms with van der Waals surface area (Å²) in [4.78, 5) is 10.9. The van der Waals surface area contributed by atoms with Gasteiger partial charge in [-0.25, -0.2) is 0 Å². The van der Waals surface area contributed by atoms with Gasteiger partial charge in [0.25, 0.3) is 0 Å². The van der Waals surface area contributed by atoms with Gasteiger partial charge >= 0.3 is 0 Å². The van der Waals surface area contributed by atoms with Gasteiger partial charge in [-0.05, 0) is 23.9 Å². The molecule has 1 unspecified atom stereocenters. The molecule has 0 bridgehead atoms. The highest BCUT2D eigenvalue weighted by atomic mass is 16.5. The summed E-state index contributed by atoms with van der Waals surface area (Å²) in [6.45, 7) is 0. The maximum absolute atomic E-state index is 10.9. The number of carbonyl (C=O) groups is 1. The first-order chi connectivity index (χ1) is 7.81. The van der Waals surface area contributed by atoms with Crippen molar-refractivity contribution in [2.45, 2.75) is 6.04 Å². The van der Waals surface area contributed by atoms with E-state index in [9.17, 15) is 4.79 Å². The van der Waals surface area contributed by atoms with Crippen molar-refractivity contribution in [1.82, 2.24) is 5.32 Å². The summed E-state index contributed by atoms with van der Waals surface area (Å²) in [5.41, 5.74) is 1.79.